The molecule has 0 saturated carbocycles. The highest BCUT2D eigenvalue weighted by atomic mass is 32.1. The Hall–Kier alpha value is -3.52. The molecule has 10 nitrogen and oxygen atoms in total. The van der Waals surface area contributed by atoms with Gasteiger partial charge in [0.25, 0.3) is 0 Å². The van der Waals surface area contributed by atoms with Crippen molar-refractivity contribution in [3.05, 3.63) is 46.2 Å². The van der Waals surface area contributed by atoms with Crippen LogP contribution in [0.2, 0.25) is 0 Å². The number of likely N-dealkylation sites (tertiary alicyclic amines) is 2. The van der Waals surface area contributed by atoms with E-state index in [9.17, 15) is 39.5 Å². The number of nitrogens with zero attached hydrogens (tertiary/aromatic N) is 4. The van der Waals surface area contributed by atoms with E-state index in [1.165, 1.54) is 42.6 Å². The molecule has 2 aromatic rings. The summed E-state index contributed by atoms with van der Waals surface area (Å²) in [6, 6.07) is 6.20. The molecule has 2 unspecified atom stereocenters. The summed E-state index contributed by atoms with van der Waals surface area (Å²) in [6.45, 7) is 8.99. The topological polar surface area (TPSA) is 144 Å². The first kappa shape index (κ1) is 37.5. The molecule has 242 valence electrons. The van der Waals surface area contributed by atoms with Gasteiger partial charge in [-0.15, -0.1) is 11.3 Å². The van der Waals surface area contributed by atoms with Crippen LogP contribution in [-0.4, -0.2) is 97.7 Å². The van der Waals surface area contributed by atoms with E-state index in [2.05, 4.69) is 44.2 Å². The van der Waals surface area contributed by atoms with Crippen molar-refractivity contribution in [3.63, 3.8) is 0 Å². The van der Waals surface area contributed by atoms with E-state index < -0.39 is 36.4 Å². The number of fused-ring (bicyclic) bond motifs is 1. The lowest BCUT2D eigenvalue weighted by Gasteiger charge is -2.20. The minimum atomic E-state index is -5.08. The number of hydrogen-bond acceptors (Lipinski definition) is 8. The summed E-state index contributed by atoms with van der Waals surface area (Å²) in [5.74, 6) is -6.63. The second kappa shape index (κ2) is 15.8. The summed E-state index contributed by atoms with van der Waals surface area (Å²) in [4.78, 5) is 40.9. The van der Waals surface area contributed by atoms with Crippen LogP contribution >= 0.6 is 11.3 Å². The van der Waals surface area contributed by atoms with Gasteiger partial charge in [0.15, 0.2) is 0 Å². The van der Waals surface area contributed by atoms with Crippen molar-refractivity contribution >= 4 is 29.2 Å². The van der Waals surface area contributed by atoms with Crippen LogP contribution in [-0.2, 0) is 27.5 Å². The van der Waals surface area contributed by atoms with Crippen LogP contribution in [0.5, 0.6) is 0 Å². The number of halogens is 9. The molecule has 2 aliphatic rings. The average molecular weight is 657 g/mol. The van der Waals surface area contributed by atoms with Crippen molar-refractivity contribution in [2.45, 2.75) is 38.5 Å². The molecule has 0 aliphatic carbocycles. The molecule has 0 radical (unpaired) electrons. The number of aromatic nitrogens is 2. The zero-order valence-corrected chi connectivity index (χ0v) is 22.8. The minimum absolute atomic E-state index is 0.823. The molecule has 2 saturated heterocycles. The molecule has 43 heavy (non-hydrogen) atoms. The first-order valence-corrected chi connectivity index (χ1v) is 12.6. The van der Waals surface area contributed by atoms with Crippen LogP contribution in [0.4, 0.5) is 39.5 Å². The summed E-state index contributed by atoms with van der Waals surface area (Å²) in [5, 5.41) is 24.8. The lowest BCUT2D eigenvalue weighted by Crippen LogP contribution is -2.28. The van der Waals surface area contributed by atoms with Crippen molar-refractivity contribution in [1.29, 1.82) is 0 Å². The Morgan fingerprint density at radius 2 is 1.14 bits per heavy atom. The van der Waals surface area contributed by atoms with Gasteiger partial charge in [-0.05, 0) is 30.9 Å². The Morgan fingerprint density at radius 1 is 0.767 bits per heavy atom. The van der Waals surface area contributed by atoms with E-state index in [0.29, 0.717) is 0 Å². The number of hydrogen-bond donors (Lipinski definition) is 3. The predicted molar refractivity (Wildman–Crippen MR) is 130 cm³/mol. The zero-order valence-electron chi connectivity index (χ0n) is 21.9. The van der Waals surface area contributed by atoms with Crippen molar-refractivity contribution in [1.82, 2.24) is 19.8 Å². The molecule has 4 heterocycles. The fourth-order valence-corrected chi connectivity index (χ4v) is 4.48. The highest BCUT2D eigenvalue weighted by molar-refractivity contribution is 7.09. The van der Waals surface area contributed by atoms with Crippen molar-refractivity contribution in [2.24, 2.45) is 11.8 Å². The van der Waals surface area contributed by atoms with Crippen molar-refractivity contribution < 1.29 is 69.2 Å². The van der Waals surface area contributed by atoms with Crippen LogP contribution in [0.3, 0.4) is 0 Å². The maximum absolute atomic E-state index is 10.6. The molecule has 2 aromatic heterocycles. The number of alkyl halides is 9. The van der Waals surface area contributed by atoms with Gasteiger partial charge in [-0.25, -0.2) is 19.4 Å². The Bertz CT molecular complexity index is 1120. The summed E-state index contributed by atoms with van der Waals surface area (Å²) >= 11 is 1.76. The van der Waals surface area contributed by atoms with E-state index in [0.717, 1.165) is 24.9 Å². The number of carboxylic acids is 3. The van der Waals surface area contributed by atoms with Crippen LogP contribution in [0.1, 0.15) is 16.4 Å². The Morgan fingerprint density at radius 3 is 1.42 bits per heavy atom. The van der Waals surface area contributed by atoms with Crippen LogP contribution in [0, 0.1) is 18.8 Å². The highest BCUT2D eigenvalue weighted by Crippen LogP contribution is 2.32. The second-order valence-corrected chi connectivity index (χ2v) is 10.1. The first-order valence-electron chi connectivity index (χ1n) is 11.8. The standard InChI is InChI=1S/C17H22N4S.3C2HF3O2/c1-13-19-17(12-22-13)11-21-8-14-6-20(7-15(14)9-21)10-16-4-2-3-5-18-16;3*3-2(4,5)1(6)7/h2-5,12,14-15H,6-11H2,1H3;3*(H,6,7). The number of carbonyl (C=O) groups is 3. The average Bonchev–Trinajstić information content (AvgIpc) is 3.54. The summed E-state index contributed by atoms with van der Waals surface area (Å²) in [7, 11) is 0. The van der Waals surface area contributed by atoms with Crippen molar-refractivity contribution in [2.75, 3.05) is 26.2 Å². The maximum atomic E-state index is 10.6. The second-order valence-electron chi connectivity index (χ2n) is 9.00. The number of pyridine rings is 1. The van der Waals surface area contributed by atoms with E-state index in [4.69, 9.17) is 29.7 Å². The Kier molecular flexibility index (Phi) is 13.8. The summed E-state index contributed by atoms with van der Waals surface area (Å²) in [6.07, 6.45) is -13.4. The number of aliphatic carboxylic acids is 3. The number of rotatable bonds is 4. The third-order valence-electron chi connectivity index (χ3n) is 5.53. The monoisotopic (exact) mass is 656 g/mol. The van der Waals surface area contributed by atoms with E-state index in [-0.39, 0.29) is 0 Å². The molecule has 0 spiro atoms. The van der Waals surface area contributed by atoms with Crippen LogP contribution in [0.15, 0.2) is 29.8 Å². The normalized spacial score (nSPS) is 18.7. The third kappa shape index (κ3) is 14.5. The fourth-order valence-electron chi connectivity index (χ4n) is 3.88. The molecule has 3 N–H and O–H groups in total. The van der Waals surface area contributed by atoms with Crippen LogP contribution < -0.4 is 0 Å². The molecule has 0 bridgehead atoms. The summed E-state index contributed by atoms with van der Waals surface area (Å²) < 4.78 is 95.2. The largest absolute Gasteiger partial charge is 0.490 e. The van der Waals surface area contributed by atoms with Gasteiger partial charge in [0, 0.05) is 50.8 Å². The van der Waals surface area contributed by atoms with Gasteiger partial charge < -0.3 is 15.3 Å². The highest BCUT2D eigenvalue weighted by Gasteiger charge is 2.41. The van der Waals surface area contributed by atoms with E-state index in [1.54, 1.807) is 11.3 Å². The first-order chi connectivity index (χ1) is 19.6. The van der Waals surface area contributed by atoms with Gasteiger partial charge in [-0.3, -0.25) is 14.8 Å². The molecule has 0 amide bonds. The number of carboxylic acid groups (broad SMARTS) is 3. The molecular formula is C23H25F9N4O6S. The Labute approximate surface area is 241 Å². The Balaban J connectivity index is 0.000000363. The lowest BCUT2D eigenvalue weighted by atomic mass is 10.0. The zero-order chi connectivity index (χ0) is 33.2. The van der Waals surface area contributed by atoms with E-state index >= 15 is 0 Å². The van der Waals surface area contributed by atoms with Gasteiger partial charge in [0.05, 0.1) is 16.4 Å². The molecular weight excluding hydrogens is 631 g/mol. The molecule has 0 aromatic carbocycles. The van der Waals surface area contributed by atoms with Gasteiger partial charge in [-0.1, -0.05) is 6.07 Å². The van der Waals surface area contributed by atoms with Gasteiger partial charge in [0.2, 0.25) is 0 Å². The molecule has 20 heteroatoms. The number of aryl methyl sites for hydroxylation is 1. The van der Waals surface area contributed by atoms with Gasteiger partial charge >= 0.3 is 36.4 Å². The summed E-state index contributed by atoms with van der Waals surface area (Å²) in [5.41, 5.74) is 2.44. The minimum Gasteiger partial charge on any atom is -0.475 e. The van der Waals surface area contributed by atoms with Gasteiger partial charge in [-0.2, -0.15) is 39.5 Å². The van der Waals surface area contributed by atoms with E-state index in [1.807, 2.05) is 12.3 Å². The van der Waals surface area contributed by atoms with Crippen LogP contribution in [0.25, 0.3) is 0 Å². The molecule has 2 atom stereocenters. The lowest BCUT2D eigenvalue weighted by molar-refractivity contribution is -0.193. The maximum Gasteiger partial charge on any atom is 0.490 e. The van der Waals surface area contributed by atoms with Crippen molar-refractivity contribution in [3.8, 4) is 0 Å². The van der Waals surface area contributed by atoms with Gasteiger partial charge in [0.1, 0.15) is 0 Å². The fraction of sp³-hybridized carbons (Fsp3) is 0.522. The molecule has 2 fully saturated rings. The third-order valence-corrected chi connectivity index (χ3v) is 6.35. The molecule has 4 rings (SSSR count). The predicted octanol–water partition coefficient (Wildman–Crippen LogP) is 4.31. The smallest absolute Gasteiger partial charge is 0.475 e. The SMILES string of the molecule is Cc1nc(CN2CC3CN(Cc4ccccn4)CC3C2)cs1.O=C(O)C(F)(F)F.O=C(O)C(F)(F)F.O=C(O)C(F)(F)F. The quantitative estimate of drug-likeness (QED) is 0.408. The molecule has 2 aliphatic heterocycles. The number of thiazole rings is 1.